The van der Waals surface area contributed by atoms with Crippen LogP contribution < -0.4 is 9.64 Å². The fraction of sp³-hybridized carbons (Fsp3) is 0.500. The van der Waals surface area contributed by atoms with E-state index in [0.29, 0.717) is 13.0 Å². The predicted molar refractivity (Wildman–Crippen MR) is 72.1 cm³/mol. The third-order valence-electron chi connectivity index (χ3n) is 2.52. The molecule has 0 radical (unpaired) electrons. The van der Waals surface area contributed by atoms with Crippen molar-refractivity contribution in [3.8, 4) is 5.75 Å². The largest absolute Gasteiger partial charge is 0.489 e. The Kier molecular flexibility index (Phi) is 5.49. The van der Waals surface area contributed by atoms with Crippen molar-refractivity contribution >= 4 is 11.7 Å². The first kappa shape index (κ1) is 14.4. The average Bonchev–Trinajstić information content (AvgIpc) is 2.35. The maximum absolute atomic E-state index is 11.1. The standard InChI is InChI=1S/C14H21NO3/c1-11(2)18-13-8-6-5-7-12(13)15(3)10-9-14(16)17-4/h5-8,11H,9-10H2,1-4H3. The molecule has 0 atom stereocenters. The Morgan fingerprint density at radius 3 is 2.61 bits per heavy atom. The molecule has 1 aromatic carbocycles. The zero-order chi connectivity index (χ0) is 13.5. The second-order valence-electron chi connectivity index (χ2n) is 4.38. The predicted octanol–water partition coefficient (Wildman–Crippen LogP) is 2.47. The van der Waals surface area contributed by atoms with Crippen LogP contribution in [0, 0.1) is 0 Å². The molecule has 0 aromatic heterocycles. The van der Waals surface area contributed by atoms with Gasteiger partial charge < -0.3 is 14.4 Å². The highest BCUT2D eigenvalue weighted by Gasteiger charge is 2.10. The van der Waals surface area contributed by atoms with Crippen LogP contribution >= 0.6 is 0 Å². The molecule has 0 saturated carbocycles. The van der Waals surface area contributed by atoms with Crippen LogP contribution in [0.4, 0.5) is 5.69 Å². The molecule has 0 N–H and O–H groups in total. The number of benzene rings is 1. The van der Waals surface area contributed by atoms with Gasteiger partial charge in [0.15, 0.2) is 0 Å². The van der Waals surface area contributed by atoms with Crippen molar-refractivity contribution < 1.29 is 14.3 Å². The lowest BCUT2D eigenvalue weighted by Crippen LogP contribution is -2.22. The Morgan fingerprint density at radius 2 is 2.00 bits per heavy atom. The van der Waals surface area contributed by atoms with Crippen LogP contribution in [0.3, 0.4) is 0 Å². The lowest BCUT2D eigenvalue weighted by atomic mass is 10.2. The lowest BCUT2D eigenvalue weighted by Gasteiger charge is -2.23. The Labute approximate surface area is 108 Å². The summed E-state index contributed by atoms with van der Waals surface area (Å²) in [5.41, 5.74) is 0.982. The molecule has 0 unspecified atom stereocenters. The molecule has 0 spiro atoms. The van der Waals surface area contributed by atoms with Gasteiger partial charge in [0.2, 0.25) is 0 Å². The first-order chi connectivity index (χ1) is 8.54. The van der Waals surface area contributed by atoms with Crippen molar-refractivity contribution in [3.63, 3.8) is 0 Å². The number of carbonyl (C=O) groups is 1. The third kappa shape index (κ3) is 4.28. The summed E-state index contributed by atoms with van der Waals surface area (Å²) >= 11 is 0. The molecule has 0 aliphatic carbocycles. The fourth-order valence-corrected chi connectivity index (χ4v) is 1.61. The van der Waals surface area contributed by atoms with Crippen LogP contribution in [-0.2, 0) is 9.53 Å². The highest BCUT2D eigenvalue weighted by molar-refractivity contribution is 5.70. The van der Waals surface area contributed by atoms with E-state index in [4.69, 9.17) is 4.74 Å². The molecule has 1 rings (SSSR count). The van der Waals surface area contributed by atoms with Crippen LogP contribution in [0.1, 0.15) is 20.3 Å². The van der Waals surface area contributed by atoms with Crippen LogP contribution in [0.5, 0.6) is 5.75 Å². The van der Waals surface area contributed by atoms with Gasteiger partial charge >= 0.3 is 5.97 Å². The zero-order valence-electron chi connectivity index (χ0n) is 11.5. The van der Waals surface area contributed by atoms with E-state index >= 15 is 0 Å². The molecular formula is C14H21NO3. The normalized spacial score (nSPS) is 10.3. The van der Waals surface area contributed by atoms with Crippen molar-refractivity contribution in [1.29, 1.82) is 0 Å². The summed E-state index contributed by atoms with van der Waals surface area (Å²) in [5.74, 6) is 0.629. The quantitative estimate of drug-likeness (QED) is 0.728. The average molecular weight is 251 g/mol. The summed E-state index contributed by atoms with van der Waals surface area (Å²) in [7, 11) is 3.34. The minimum absolute atomic E-state index is 0.125. The molecule has 0 amide bonds. The first-order valence-electron chi connectivity index (χ1n) is 6.08. The van der Waals surface area contributed by atoms with Gasteiger partial charge in [0.1, 0.15) is 5.75 Å². The van der Waals surface area contributed by atoms with Gasteiger partial charge in [-0.3, -0.25) is 4.79 Å². The van der Waals surface area contributed by atoms with Crippen LogP contribution in [0.2, 0.25) is 0 Å². The van der Waals surface area contributed by atoms with Crippen LogP contribution in [-0.4, -0.2) is 32.8 Å². The lowest BCUT2D eigenvalue weighted by molar-refractivity contribution is -0.140. The first-order valence-corrected chi connectivity index (χ1v) is 6.08. The van der Waals surface area contributed by atoms with E-state index in [1.54, 1.807) is 0 Å². The molecule has 4 nitrogen and oxygen atoms in total. The number of rotatable bonds is 6. The highest BCUT2D eigenvalue weighted by Crippen LogP contribution is 2.27. The van der Waals surface area contributed by atoms with E-state index in [2.05, 4.69) is 4.74 Å². The van der Waals surface area contributed by atoms with E-state index in [1.807, 2.05) is 50.1 Å². The van der Waals surface area contributed by atoms with E-state index in [9.17, 15) is 4.79 Å². The summed E-state index contributed by atoms with van der Waals surface area (Å²) in [4.78, 5) is 13.1. The maximum Gasteiger partial charge on any atom is 0.307 e. The van der Waals surface area contributed by atoms with Crippen LogP contribution in [0.15, 0.2) is 24.3 Å². The molecule has 4 heteroatoms. The molecule has 18 heavy (non-hydrogen) atoms. The molecule has 1 aromatic rings. The minimum Gasteiger partial charge on any atom is -0.489 e. The van der Waals surface area contributed by atoms with Crippen LogP contribution in [0.25, 0.3) is 0 Å². The fourth-order valence-electron chi connectivity index (χ4n) is 1.61. The number of carbonyl (C=O) groups excluding carboxylic acids is 1. The molecule has 0 aliphatic heterocycles. The number of hydrogen-bond donors (Lipinski definition) is 0. The SMILES string of the molecule is COC(=O)CCN(C)c1ccccc1OC(C)C. The van der Waals surface area contributed by atoms with Crippen molar-refractivity contribution in [3.05, 3.63) is 24.3 Å². The number of methoxy groups -OCH3 is 1. The van der Waals surface area contributed by atoms with Crippen molar-refractivity contribution in [2.45, 2.75) is 26.4 Å². The number of esters is 1. The Hall–Kier alpha value is -1.71. The van der Waals surface area contributed by atoms with E-state index < -0.39 is 0 Å². The molecule has 0 aliphatic rings. The van der Waals surface area contributed by atoms with Gasteiger partial charge in [-0.25, -0.2) is 0 Å². The summed E-state index contributed by atoms with van der Waals surface area (Å²) in [6.07, 6.45) is 0.489. The van der Waals surface area contributed by atoms with Crippen molar-refractivity contribution in [2.75, 3.05) is 25.6 Å². The second kappa shape index (κ2) is 6.89. The number of para-hydroxylation sites is 2. The molecule has 0 fully saturated rings. The Bertz CT molecular complexity index is 390. The Balaban J connectivity index is 2.72. The number of anilines is 1. The van der Waals surface area contributed by atoms with Gasteiger partial charge in [-0.1, -0.05) is 12.1 Å². The minimum atomic E-state index is -0.205. The summed E-state index contributed by atoms with van der Waals surface area (Å²) in [6.45, 7) is 4.58. The van der Waals surface area contributed by atoms with Gasteiger partial charge in [-0.2, -0.15) is 0 Å². The summed E-state index contributed by atoms with van der Waals surface area (Å²) in [6, 6.07) is 7.81. The third-order valence-corrected chi connectivity index (χ3v) is 2.52. The van der Waals surface area contributed by atoms with E-state index in [-0.39, 0.29) is 12.1 Å². The summed E-state index contributed by atoms with van der Waals surface area (Å²) < 4.78 is 10.4. The van der Waals surface area contributed by atoms with Gasteiger partial charge in [-0.15, -0.1) is 0 Å². The van der Waals surface area contributed by atoms with Crippen molar-refractivity contribution in [1.82, 2.24) is 0 Å². The second-order valence-corrected chi connectivity index (χ2v) is 4.38. The molecular weight excluding hydrogens is 230 g/mol. The number of ether oxygens (including phenoxy) is 2. The molecule has 100 valence electrons. The van der Waals surface area contributed by atoms with E-state index in [0.717, 1.165) is 11.4 Å². The number of hydrogen-bond acceptors (Lipinski definition) is 4. The highest BCUT2D eigenvalue weighted by atomic mass is 16.5. The smallest absolute Gasteiger partial charge is 0.307 e. The van der Waals surface area contributed by atoms with Gasteiger partial charge in [0.05, 0.1) is 25.3 Å². The number of nitrogens with zero attached hydrogens (tertiary/aromatic N) is 1. The molecule has 0 heterocycles. The topological polar surface area (TPSA) is 38.8 Å². The van der Waals surface area contributed by atoms with Gasteiger partial charge in [-0.05, 0) is 26.0 Å². The van der Waals surface area contributed by atoms with E-state index in [1.165, 1.54) is 7.11 Å². The monoisotopic (exact) mass is 251 g/mol. The van der Waals surface area contributed by atoms with Gasteiger partial charge in [0.25, 0.3) is 0 Å². The maximum atomic E-state index is 11.1. The molecule has 0 saturated heterocycles. The van der Waals surface area contributed by atoms with Gasteiger partial charge in [0, 0.05) is 13.6 Å². The van der Waals surface area contributed by atoms with Crippen molar-refractivity contribution in [2.24, 2.45) is 0 Å². The zero-order valence-corrected chi connectivity index (χ0v) is 11.5. The Morgan fingerprint density at radius 1 is 1.33 bits per heavy atom. The molecule has 0 bridgehead atoms. The summed E-state index contributed by atoms with van der Waals surface area (Å²) in [5, 5.41) is 0.